The van der Waals surface area contributed by atoms with Crippen molar-refractivity contribution < 1.29 is 4.39 Å². The van der Waals surface area contributed by atoms with Gasteiger partial charge in [-0.25, -0.2) is 4.39 Å². The van der Waals surface area contributed by atoms with Crippen molar-refractivity contribution in [2.45, 2.75) is 33.4 Å². The number of nitrogens with zero attached hydrogens (tertiary/aromatic N) is 2. The molecule has 0 fully saturated rings. The maximum Gasteiger partial charge on any atom is 0.148 e. The molecule has 1 aromatic carbocycles. The normalized spacial score (nSPS) is 12.7. The van der Waals surface area contributed by atoms with Crippen LogP contribution in [-0.4, -0.2) is 16.3 Å². The Kier molecular flexibility index (Phi) is 5.41. The lowest BCUT2D eigenvalue weighted by molar-refractivity contribution is 0.515. The maximum atomic E-state index is 14.5. The molecule has 0 aliphatic heterocycles. The van der Waals surface area contributed by atoms with Crippen LogP contribution in [0.2, 0.25) is 5.02 Å². The van der Waals surface area contributed by atoms with Crippen LogP contribution in [0.25, 0.3) is 0 Å². The van der Waals surface area contributed by atoms with E-state index in [-0.39, 0.29) is 11.1 Å². The smallest absolute Gasteiger partial charge is 0.148 e. The van der Waals surface area contributed by atoms with Crippen LogP contribution in [0.5, 0.6) is 0 Å². The molecule has 1 aromatic heterocycles. The molecular formula is C15H18BrClFN3. The third-order valence-corrected chi connectivity index (χ3v) is 4.57. The molecule has 1 N–H and O–H groups in total. The molecule has 3 nitrogen and oxygen atoms in total. The summed E-state index contributed by atoms with van der Waals surface area (Å²) in [5.74, 6) is -0.404. The van der Waals surface area contributed by atoms with Gasteiger partial charge < -0.3 is 5.32 Å². The molecule has 0 aliphatic rings. The Labute approximate surface area is 137 Å². The third kappa shape index (κ3) is 3.30. The van der Waals surface area contributed by atoms with Crippen LogP contribution in [-0.2, 0) is 6.54 Å². The van der Waals surface area contributed by atoms with Gasteiger partial charge in [-0.2, -0.15) is 5.10 Å². The highest BCUT2D eigenvalue weighted by Gasteiger charge is 2.23. The average Bonchev–Trinajstić information content (AvgIpc) is 2.84. The van der Waals surface area contributed by atoms with Crippen LogP contribution < -0.4 is 5.32 Å². The lowest BCUT2D eigenvalue weighted by atomic mass is 10.0. The zero-order valence-corrected chi connectivity index (χ0v) is 14.6. The van der Waals surface area contributed by atoms with Gasteiger partial charge in [-0.05, 0) is 48.5 Å². The van der Waals surface area contributed by atoms with Gasteiger partial charge in [0.15, 0.2) is 0 Å². The third-order valence-electron chi connectivity index (χ3n) is 3.31. The van der Waals surface area contributed by atoms with Gasteiger partial charge in [-0.1, -0.05) is 24.6 Å². The first-order valence-corrected chi connectivity index (χ1v) is 8.07. The molecule has 2 rings (SSSR count). The predicted molar refractivity (Wildman–Crippen MR) is 87.3 cm³/mol. The summed E-state index contributed by atoms with van der Waals surface area (Å²) >= 11 is 9.27. The molecule has 0 spiro atoms. The van der Waals surface area contributed by atoms with Gasteiger partial charge in [0.2, 0.25) is 0 Å². The van der Waals surface area contributed by atoms with Crippen LogP contribution in [0.1, 0.15) is 36.8 Å². The van der Waals surface area contributed by atoms with Crippen molar-refractivity contribution in [2.75, 3.05) is 6.54 Å². The number of rotatable bonds is 5. The van der Waals surface area contributed by atoms with Crippen LogP contribution in [0, 0.1) is 12.7 Å². The van der Waals surface area contributed by atoms with E-state index < -0.39 is 5.82 Å². The van der Waals surface area contributed by atoms with Gasteiger partial charge >= 0.3 is 0 Å². The molecule has 0 saturated heterocycles. The Morgan fingerprint density at radius 3 is 2.76 bits per heavy atom. The fraction of sp³-hybridized carbons (Fsp3) is 0.400. The van der Waals surface area contributed by atoms with Gasteiger partial charge in [-0.15, -0.1) is 0 Å². The maximum absolute atomic E-state index is 14.5. The highest BCUT2D eigenvalue weighted by atomic mass is 79.9. The van der Waals surface area contributed by atoms with Gasteiger partial charge in [0.1, 0.15) is 5.82 Å². The summed E-state index contributed by atoms with van der Waals surface area (Å²) < 4.78 is 17.0. The highest BCUT2D eigenvalue weighted by molar-refractivity contribution is 9.10. The van der Waals surface area contributed by atoms with Crippen molar-refractivity contribution in [3.8, 4) is 0 Å². The molecule has 21 heavy (non-hydrogen) atoms. The molecule has 0 aliphatic carbocycles. The molecule has 1 heterocycles. The summed E-state index contributed by atoms with van der Waals surface area (Å²) in [6.45, 7) is 7.39. The number of halogens is 3. The zero-order chi connectivity index (χ0) is 15.6. The summed E-state index contributed by atoms with van der Waals surface area (Å²) in [7, 11) is 0. The number of aromatic nitrogens is 2. The second-order valence-electron chi connectivity index (χ2n) is 4.78. The molecule has 2 aromatic rings. The van der Waals surface area contributed by atoms with Crippen LogP contribution in [0.4, 0.5) is 4.39 Å². The minimum Gasteiger partial charge on any atom is -0.305 e. The summed E-state index contributed by atoms with van der Waals surface area (Å²) in [5.41, 5.74) is 2.38. The van der Waals surface area contributed by atoms with E-state index in [1.165, 1.54) is 0 Å². The van der Waals surface area contributed by atoms with E-state index in [1.54, 1.807) is 12.1 Å². The Balaban J connectivity index is 2.56. The lowest BCUT2D eigenvalue weighted by Gasteiger charge is -2.20. The lowest BCUT2D eigenvalue weighted by Crippen LogP contribution is -2.25. The highest BCUT2D eigenvalue weighted by Crippen LogP contribution is 2.33. The topological polar surface area (TPSA) is 29.9 Å². The van der Waals surface area contributed by atoms with Gasteiger partial charge in [0.05, 0.1) is 22.5 Å². The van der Waals surface area contributed by atoms with Gasteiger partial charge in [0.25, 0.3) is 0 Å². The molecule has 114 valence electrons. The molecule has 0 saturated carbocycles. The summed E-state index contributed by atoms with van der Waals surface area (Å²) in [6.07, 6.45) is 0. The van der Waals surface area contributed by atoms with E-state index in [0.717, 1.165) is 17.9 Å². The van der Waals surface area contributed by atoms with E-state index in [2.05, 4.69) is 26.3 Å². The van der Waals surface area contributed by atoms with Crippen LogP contribution in [0.3, 0.4) is 0 Å². The Hall–Kier alpha value is -0.910. The zero-order valence-electron chi connectivity index (χ0n) is 12.3. The summed E-state index contributed by atoms with van der Waals surface area (Å²) in [4.78, 5) is 0. The quantitative estimate of drug-likeness (QED) is 0.783. The van der Waals surface area contributed by atoms with Gasteiger partial charge in [-0.3, -0.25) is 4.68 Å². The molecule has 1 unspecified atom stereocenters. The number of hydrogen-bond donors (Lipinski definition) is 1. The fourth-order valence-corrected chi connectivity index (χ4v) is 2.87. The SMILES string of the molecule is CCNC(c1ccc(Br)c(Cl)c1F)c1cc(C)nn1CC. The number of nitrogens with one attached hydrogen (secondary N) is 1. The summed E-state index contributed by atoms with van der Waals surface area (Å²) in [6, 6.07) is 5.22. The fourth-order valence-electron chi connectivity index (χ4n) is 2.39. The molecule has 1 atom stereocenters. The van der Waals surface area contributed by atoms with Crippen molar-refractivity contribution in [3.05, 3.63) is 50.5 Å². The number of hydrogen-bond acceptors (Lipinski definition) is 2. The minimum atomic E-state index is -0.404. The average molecular weight is 375 g/mol. The van der Waals surface area contributed by atoms with Crippen molar-refractivity contribution in [1.82, 2.24) is 15.1 Å². The molecule has 6 heteroatoms. The predicted octanol–water partition coefficient (Wildman–Crippen LogP) is 4.47. The second-order valence-corrected chi connectivity index (χ2v) is 6.01. The molecule has 0 bridgehead atoms. The molecule has 0 radical (unpaired) electrons. The monoisotopic (exact) mass is 373 g/mol. The summed E-state index contributed by atoms with van der Waals surface area (Å²) in [5, 5.41) is 7.86. The van der Waals surface area contributed by atoms with E-state index in [0.29, 0.717) is 16.6 Å². The van der Waals surface area contributed by atoms with E-state index in [1.807, 2.05) is 31.5 Å². The standard InChI is InChI=1S/C15H18BrClFN3/c1-4-19-15(12-8-9(3)20-21(12)5-2)10-6-7-11(16)13(17)14(10)18/h6-8,15,19H,4-5H2,1-3H3. The van der Waals surface area contributed by atoms with Crippen LogP contribution in [0.15, 0.2) is 22.7 Å². The van der Waals surface area contributed by atoms with Gasteiger partial charge in [0, 0.05) is 16.6 Å². The van der Waals surface area contributed by atoms with Crippen molar-refractivity contribution in [2.24, 2.45) is 0 Å². The Morgan fingerprint density at radius 2 is 2.14 bits per heavy atom. The minimum absolute atomic E-state index is 0.106. The van der Waals surface area contributed by atoms with Crippen molar-refractivity contribution >= 4 is 27.5 Å². The van der Waals surface area contributed by atoms with E-state index in [9.17, 15) is 4.39 Å². The molecule has 0 amide bonds. The largest absolute Gasteiger partial charge is 0.305 e. The van der Waals surface area contributed by atoms with Crippen molar-refractivity contribution in [3.63, 3.8) is 0 Å². The first kappa shape index (κ1) is 16.5. The van der Waals surface area contributed by atoms with E-state index >= 15 is 0 Å². The number of aryl methyl sites for hydroxylation is 2. The second kappa shape index (κ2) is 6.90. The van der Waals surface area contributed by atoms with E-state index in [4.69, 9.17) is 11.6 Å². The molecular weight excluding hydrogens is 357 g/mol. The first-order valence-electron chi connectivity index (χ1n) is 6.90. The first-order chi connectivity index (χ1) is 9.99. The number of benzene rings is 1. The van der Waals surface area contributed by atoms with Crippen molar-refractivity contribution in [1.29, 1.82) is 0 Å². The van der Waals surface area contributed by atoms with Crippen LogP contribution >= 0.6 is 27.5 Å². The Bertz CT molecular complexity index is 642. The Morgan fingerprint density at radius 1 is 1.43 bits per heavy atom.